The molecule has 7 nitrogen and oxygen atoms in total. The van der Waals surface area contributed by atoms with E-state index in [0.29, 0.717) is 43.4 Å². The van der Waals surface area contributed by atoms with E-state index in [1.807, 2.05) is 48.2 Å². The van der Waals surface area contributed by atoms with E-state index in [1.165, 1.54) is 0 Å². The molecule has 31 heavy (non-hydrogen) atoms. The Morgan fingerprint density at radius 1 is 0.871 bits per heavy atom. The number of amides is 1. The molecule has 7 heteroatoms. The van der Waals surface area contributed by atoms with Gasteiger partial charge in [0.15, 0.2) is 11.5 Å². The highest BCUT2D eigenvalue weighted by Gasteiger charge is 2.23. The fourth-order valence-electron chi connectivity index (χ4n) is 3.81. The highest BCUT2D eigenvalue weighted by atomic mass is 16.5. The van der Waals surface area contributed by atoms with E-state index in [1.54, 1.807) is 21.3 Å². The summed E-state index contributed by atoms with van der Waals surface area (Å²) in [6.45, 7) is 6.15. The second kappa shape index (κ2) is 10.9. The van der Waals surface area contributed by atoms with Crippen molar-refractivity contribution in [3.63, 3.8) is 0 Å². The molecule has 168 valence electrons. The Bertz CT molecular complexity index is 878. The molecule has 1 aliphatic heterocycles. The predicted molar refractivity (Wildman–Crippen MR) is 119 cm³/mol. The van der Waals surface area contributed by atoms with E-state index in [0.717, 1.165) is 36.5 Å². The van der Waals surface area contributed by atoms with E-state index in [-0.39, 0.29) is 5.91 Å². The molecule has 3 rings (SSSR count). The summed E-state index contributed by atoms with van der Waals surface area (Å²) in [6.07, 6.45) is 0.387. The van der Waals surface area contributed by atoms with Gasteiger partial charge < -0.3 is 23.8 Å². The van der Waals surface area contributed by atoms with Crippen LogP contribution < -0.4 is 18.9 Å². The Kier molecular flexibility index (Phi) is 8.00. The van der Waals surface area contributed by atoms with Gasteiger partial charge >= 0.3 is 0 Å². The quantitative estimate of drug-likeness (QED) is 0.612. The molecule has 1 fully saturated rings. The van der Waals surface area contributed by atoms with Gasteiger partial charge in [-0.15, -0.1) is 0 Å². The lowest BCUT2D eigenvalue weighted by molar-refractivity contribution is -0.133. The number of nitrogens with zero attached hydrogens (tertiary/aromatic N) is 2. The SMILES string of the molecule is COc1ccc(CN2CCN(C(=O)CCOc3ccccc3C)CC2)c(OC)c1OC. The van der Waals surface area contributed by atoms with Crippen LogP contribution in [0.4, 0.5) is 0 Å². The lowest BCUT2D eigenvalue weighted by atomic mass is 10.1. The molecule has 1 amide bonds. The first-order valence-electron chi connectivity index (χ1n) is 10.5. The fraction of sp³-hybridized carbons (Fsp3) is 0.458. The standard InChI is InChI=1S/C24H32N2O5/c1-18-7-5-6-8-20(18)31-16-11-22(27)26-14-12-25(13-15-26)17-19-9-10-21(28-2)24(30-4)23(19)29-3/h5-10H,11-17H2,1-4H3. The number of piperazine rings is 1. The monoisotopic (exact) mass is 428 g/mol. The summed E-state index contributed by atoms with van der Waals surface area (Å²) >= 11 is 0. The Hall–Kier alpha value is -2.93. The Morgan fingerprint density at radius 2 is 1.58 bits per heavy atom. The molecule has 0 atom stereocenters. The van der Waals surface area contributed by atoms with Crippen LogP contribution >= 0.6 is 0 Å². The number of carbonyl (C=O) groups is 1. The Labute approximate surface area is 184 Å². The number of carbonyl (C=O) groups excluding carboxylic acids is 1. The number of aryl methyl sites for hydroxylation is 1. The molecule has 0 aliphatic carbocycles. The summed E-state index contributed by atoms with van der Waals surface area (Å²) in [5, 5.41) is 0. The van der Waals surface area contributed by atoms with E-state index in [4.69, 9.17) is 18.9 Å². The first kappa shape index (κ1) is 22.7. The average molecular weight is 429 g/mol. The molecule has 0 N–H and O–H groups in total. The van der Waals surface area contributed by atoms with Crippen molar-refractivity contribution < 1.29 is 23.7 Å². The highest BCUT2D eigenvalue weighted by molar-refractivity contribution is 5.76. The lowest BCUT2D eigenvalue weighted by Gasteiger charge is -2.35. The minimum Gasteiger partial charge on any atom is -0.493 e. The molecule has 1 aliphatic rings. The smallest absolute Gasteiger partial charge is 0.226 e. The third-order valence-electron chi connectivity index (χ3n) is 5.57. The third-order valence-corrected chi connectivity index (χ3v) is 5.57. The van der Waals surface area contributed by atoms with Gasteiger partial charge in [-0.1, -0.05) is 24.3 Å². The van der Waals surface area contributed by atoms with Crippen LogP contribution in [0.5, 0.6) is 23.0 Å². The number of ether oxygens (including phenoxy) is 4. The first-order valence-corrected chi connectivity index (χ1v) is 10.5. The van der Waals surface area contributed by atoms with E-state index >= 15 is 0 Å². The number of hydrogen-bond donors (Lipinski definition) is 0. The number of methoxy groups -OCH3 is 3. The molecule has 1 heterocycles. The van der Waals surface area contributed by atoms with Crippen molar-refractivity contribution in [3.8, 4) is 23.0 Å². The van der Waals surface area contributed by atoms with Crippen LogP contribution in [0.25, 0.3) is 0 Å². The second-order valence-electron chi connectivity index (χ2n) is 7.51. The van der Waals surface area contributed by atoms with Gasteiger partial charge in [-0.25, -0.2) is 0 Å². The van der Waals surface area contributed by atoms with Gasteiger partial charge in [0.1, 0.15) is 5.75 Å². The summed E-state index contributed by atoms with van der Waals surface area (Å²) < 4.78 is 22.2. The molecule has 0 saturated carbocycles. The molecule has 1 saturated heterocycles. The maximum Gasteiger partial charge on any atom is 0.226 e. The van der Waals surface area contributed by atoms with Crippen molar-refractivity contribution in [2.24, 2.45) is 0 Å². The first-order chi connectivity index (χ1) is 15.1. The maximum atomic E-state index is 12.6. The fourth-order valence-corrected chi connectivity index (χ4v) is 3.81. The van der Waals surface area contributed by atoms with Gasteiger partial charge in [-0.05, 0) is 24.6 Å². The molecule has 0 radical (unpaired) electrons. The topological polar surface area (TPSA) is 60.5 Å². The van der Waals surface area contributed by atoms with Gasteiger partial charge in [-0.3, -0.25) is 9.69 Å². The van der Waals surface area contributed by atoms with Crippen LogP contribution in [0.1, 0.15) is 17.5 Å². The summed E-state index contributed by atoms with van der Waals surface area (Å²) in [5.74, 6) is 2.91. The van der Waals surface area contributed by atoms with Crippen LogP contribution in [0.3, 0.4) is 0 Å². The molecule has 0 spiro atoms. The van der Waals surface area contributed by atoms with Crippen molar-refractivity contribution in [1.82, 2.24) is 9.80 Å². The lowest BCUT2D eigenvalue weighted by Crippen LogP contribution is -2.48. The molecular formula is C24H32N2O5. The van der Waals surface area contributed by atoms with Gasteiger partial charge in [0.05, 0.1) is 34.4 Å². The molecular weight excluding hydrogens is 396 g/mol. The number of para-hydroxylation sites is 1. The van der Waals surface area contributed by atoms with E-state index in [2.05, 4.69) is 4.90 Å². The van der Waals surface area contributed by atoms with Gasteiger partial charge in [0.25, 0.3) is 0 Å². The summed E-state index contributed by atoms with van der Waals surface area (Å²) in [5.41, 5.74) is 2.11. The summed E-state index contributed by atoms with van der Waals surface area (Å²) in [4.78, 5) is 16.8. The summed E-state index contributed by atoms with van der Waals surface area (Å²) in [7, 11) is 4.85. The van der Waals surface area contributed by atoms with Crippen LogP contribution in [0.15, 0.2) is 36.4 Å². The molecule has 0 aromatic heterocycles. The van der Waals surface area contributed by atoms with E-state index in [9.17, 15) is 4.79 Å². The average Bonchev–Trinajstić information content (AvgIpc) is 2.80. The van der Waals surface area contributed by atoms with Crippen LogP contribution in [-0.2, 0) is 11.3 Å². The van der Waals surface area contributed by atoms with Crippen LogP contribution in [0.2, 0.25) is 0 Å². The normalized spacial score (nSPS) is 14.3. The van der Waals surface area contributed by atoms with E-state index < -0.39 is 0 Å². The van der Waals surface area contributed by atoms with Crippen molar-refractivity contribution in [2.45, 2.75) is 19.9 Å². The van der Waals surface area contributed by atoms with Gasteiger partial charge in [0, 0.05) is 38.3 Å². The maximum absolute atomic E-state index is 12.6. The second-order valence-corrected chi connectivity index (χ2v) is 7.51. The van der Waals surface area contributed by atoms with Crippen LogP contribution in [-0.4, -0.2) is 69.8 Å². The molecule has 0 unspecified atom stereocenters. The van der Waals surface area contributed by atoms with Crippen molar-refractivity contribution >= 4 is 5.91 Å². The third kappa shape index (κ3) is 5.61. The minimum absolute atomic E-state index is 0.136. The number of rotatable bonds is 9. The van der Waals surface area contributed by atoms with Gasteiger partial charge in [-0.2, -0.15) is 0 Å². The minimum atomic E-state index is 0.136. The molecule has 0 bridgehead atoms. The van der Waals surface area contributed by atoms with Crippen molar-refractivity contribution in [2.75, 3.05) is 54.1 Å². The van der Waals surface area contributed by atoms with Crippen LogP contribution in [0, 0.1) is 6.92 Å². The van der Waals surface area contributed by atoms with Crippen molar-refractivity contribution in [1.29, 1.82) is 0 Å². The Morgan fingerprint density at radius 3 is 2.23 bits per heavy atom. The zero-order valence-corrected chi connectivity index (χ0v) is 18.8. The summed E-state index contributed by atoms with van der Waals surface area (Å²) in [6, 6.07) is 11.7. The zero-order chi connectivity index (χ0) is 22.2. The number of hydrogen-bond acceptors (Lipinski definition) is 6. The van der Waals surface area contributed by atoms with Crippen molar-refractivity contribution in [3.05, 3.63) is 47.5 Å². The largest absolute Gasteiger partial charge is 0.493 e. The number of benzene rings is 2. The molecule has 2 aromatic carbocycles. The Balaban J connectivity index is 1.49. The van der Waals surface area contributed by atoms with Gasteiger partial charge in [0.2, 0.25) is 11.7 Å². The molecule has 2 aromatic rings. The highest BCUT2D eigenvalue weighted by Crippen LogP contribution is 2.40. The zero-order valence-electron chi connectivity index (χ0n) is 18.8. The predicted octanol–water partition coefficient (Wildman–Crippen LogP) is 3.13.